The molecule has 0 aliphatic heterocycles. The molecule has 0 saturated carbocycles. The van der Waals surface area contributed by atoms with Gasteiger partial charge in [0.15, 0.2) is 0 Å². The molecule has 2 heterocycles. The van der Waals surface area contributed by atoms with Crippen LogP contribution in [0.3, 0.4) is 0 Å². The molecule has 0 radical (unpaired) electrons. The summed E-state index contributed by atoms with van der Waals surface area (Å²) in [6.45, 7) is 6.43. The van der Waals surface area contributed by atoms with Crippen molar-refractivity contribution in [2.75, 3.05) is 6.54 Å². The van der Waals surface area contributed by atoms with Crippen molar-refractivity contribution in [2.45, 2.75) is 33.4 Å². The lowest BCUT2D eigenvalue weighted by molar-refractivity contribution is 0.0949. The normalized spacial score (nSPS) is 12.0. The van der Waals surface area contributed by atoms with Gasteiger partial charge in [0.25, 0.3) is 11.5 Å². The second-order valence-electron chi connectivity index (χ2n) is 6.55. The molecule has 1 amide bonds. The van der Waals surface area contributed by atoms with Crippen LogP contribution in [0.15, 0.2) is 53.6 Å². The zero-order chi connectivity index (χ0) is 19.4. The van der Waals surface area contributed by atoms with Crippen LogP contribution >= 0.6 is 0 Å². The van der Waals surface area contributed by atoms with Crippen LogP contribution in [0.1, 0.15) is 40.1 Å². The average molecular weight is 365 g/mol. The summed E-state index contributed by atoms with van der Waals surface area (Å²) < 4.78 is 3.25. The van der Waals surface area contributed by atoms with Crippen molar-refractivity contribution in [2.24, 2.45) is 0 Å². The van der Waals surface area contributed by atoms with Crippen molar-refractivity contribution < 1.29 is 4.79 Å². The highest BCUT2D eigenvalue weighted by atomic mass is 16.2. The van der Waals surface area contributed by atoms with Crippen LogP contribution in [-0.4, -0.2) is 32.0 Å². The van der Waals surface area contributed by atoms with Gasteiger partial charge in [-0.25, -0.2) is 0 Å². The molecule has 1 N–H and O–H groups in total. The van der Waals surface area contributed by atoms with Gasteiger partial charge >= 0.3 is 0 Å². The SMILES string of the molecule is Cc1cn(CCNC(=O)c2c(C)ccn(C(C)c3ccccc3)c2=O)nn1. The lowest BCUT2D eigenvalue weighted by Crippen LogP contribution is -2.36. The fourth-order valence-electron chi connectivity index (χ4n) is 2.99. The van der Waals surface area contributed by atoms with E-state index in [1.807, 2.05) is 44.2 Å². The largest absolute Gasteiger partial charge is 0.350 e. The van der Waals surface area contributed by atoms with E-state index in [2.05, 4.69) is 15.6 Å². The van der Waals surface area contributed by atoms with Gasteiger partial charge < -0.3 is 9.88 Å². The van der Waals surface area contributed by atoms with Crippen LogP contribution in [0.25, 0.3) is 0 Å². The molecular weight excluding hydrogens is 342 g/mol. The summed E-state index contributed by atoms with van der Waals surface area (Å²) in [5, 5.41) is 10.7. The van der Waals surface area contributed by atoms with Gasteiger partial charge in [0, 0.05) is 18.9 Å². The molecule has 3 rings (SSSR count). The highest BCUT2D eigenvalue weighted by Crippen LogP contribution is 2.16. The Morgan fingerprint density at radius 1 is 1.19 bits per heavy atom. The summed E-state index contributed by atoms with van der Waals surface area (Å²) in [6, 6.07) is 11.4. The zero-order valence-corrected chi connectivity index (χ0v) is 15.7. The van der Waals surface area contributed by atoms with Crippen molar-refractivity contribution in [1.82, 2.24) is 24.9 Å². The molecule has 0 spiro atoms. The predicted molar refractivity (Wildman–Crippen MR) is 103 cm³/mol. The molecule has 0 aliphatic rings. The van der Waals surface area contributed by atoms with Gasteiger partial charge in [-0.2, -0.15) is 0 Å². The molecule has 3 aromatic rings. The number of nitrogens with one attached hydrogen (secondary N) is 1. The first kappa shape index (κ1) is 18.6. The van der Waals surface area contributed by atoms with Crippen LogP contribution in [-0.2, 0) is 6.54 Å². The van der Waals surface area contributed by atoms with E-state index in [0.717, 1.165) is 11.3 Å². The molecule has 140 valence electrons. The lowest BCUT2D eigenvalue weighted by atomic mass is 10.1. The fourth-order valence-corrected chi connectivity index (χ4v) is 2.99. The van der Waals surface area contributed by atoms with Gasteiger partial charge in [0.1, 0.15) is 5.56 Å². The zero-order valence-electron chi connectivity index (χ0n) is 15.7. The number of hydrogen-bond donors (Lipinski definition) is 1. The Bertz CT molecular complexity index is 991. The summed E-state index contributed by atoms with van der Waals surface area (Å²) >= 11 is 0. The monoisotopic (exact) mass is 365 g/mol. The highest BCUT2D eigenvalue weighted by molar-refractivity contribution is 5.95. The van der Waals surface area contributed by atoms with Crippen LogP contribution < -0.4 is 10.9 Å². The smallest absolute Gasteiger partial charge is 0.264 e. The van der Waals surface area contributed by atoms with Crippen molar-refractivity contribution in [3.8, 4) is 0 Å². The third-order valence-corrected chi connectivity index (χ3v) is 4.53. The molecule has 0 saturated heterocycles. The molecule has 1 aromatic carbocycles. The summed E-state index contributed by atoms with van der Waals surface area (Å²) in [5.41, 5.74) is 2.37. The van der Waals surface area contributed by atoms with E-state index in [4.69, 9.17) is 0 Å². The number of hydrogen-bond acceptors (Lipinski definition) is 4. The number of carbonyl (C=O) groups excluding carboxylic acids is 1. The fraction of sp³-hybridized carbons (Fsp3) is 0.300. The molecule has 2 aromatic heterocycles. The second kappa shape index (κ2) is 7.99. The highest BCUT2D eigenvalue weighted by Gasteiger charge is 2.18. The van der Waals surface area contributed by atoms with Gasteiger partial charge in [-0.1, -0.05) is 35.5 Å². The van der Waals surface area contributed by atoms with Crippen LogP contribution in [0, 0.1) is 13.8 Å². The quantitative estimate of drug-likeness (QED) is 0.725. The van der Waals surface area contributed by atoms with Crippen LogP contribution in [0.4, 0.5) is 0 Å². The molecular formula is C20H23N5O2. The third kappa shape index (κ3) is 4.13. The Labute approximate surface area is 157 Å². The minimum Gasteiger partial charge on any atom is -0.350 e. The first-order valence-corrected chi connectivity index (χ1v) is 8.89. The van der Waals surface area contributed by atoms with E-state index in [-0.39, 0.29) is 23.1 Å². The number of aryl methyl sites for hydroxylation is 2. The first-order valence-electron chi connectivity index (χ1n) is 8.89. The van der Waals surface area contributed by atoms with E-state index in [1.54, 1.807) is 34.6 Å². The Kier molecular flexibility index (Phi) is 5.49. The average Bonchev–Trinajstić information content (AvgIpc) is 3.07. The van der Waals surface area contributed by atoms with E-state index < -0.39 is 0 Å². The standard InChI is InChI=1S/C20H23N5O2/c1-14-9-11-25(16(3)17-7-5-4-6-8-17)20(27)18(14)19(26)21-10-12-24-13-15(2)22-23-24/h4-9,11,13,16H,10,12H2,1-3H3,(H,21,26). The summed E-state index contributed by atoms with van der Waals surface area (Å²) in [4.78, 5) is 25.6. The number of nitrogens with zero attached hydrogens (tertiary/aromatic N) is 4. The number of amides is 1. The predicted octanol–water partition coefficient (Wildman–Crippen LogP) is 2.10. The summed E-state index contributed by atoms with van der Waals surface area (Å²) in [6.07, 6.45) is 3.54. The number of rotatable bonds is 6. The topological polar surface area (TPSA) is 81.8 Å². The van der Waals surface area contributed by atoms with E-state index in [9.17, 15) is 9.59 Å². The molecule has 7 heteroatoms. The van der Waals surface area contributed by atoms with Gasteiger partial charge in [-0.05, 0) is 38.0 Å². The van der Waals surface area contributed by atoms with Crippen molar-refractivity contribution >= 4 is 5.91 Å². The number of benzene rings is 1. The van der Waals surface area contributed by atoms with Crippen molar-refractivity contribution in [3.63, 3.8) is 0 Å². The third-order valence-electron chi connectivity index (χ3n) is 4.53. The van der Waals surface area contributed by atoms with E-state index >= 15 is 0 Å². The molecule has 0 bridgehead atoms. The number of carbonyl (C=O) groups is 1. The van der Waals surface area contributed by atoms with E-state index in [0.29, 0.717) is 18.7 Å². The molecule has 1 unspecified atom stereocenters. The summed E-state index contributed by atoms with van der Waals surface area (Å²) in [5.74, 6) is -0.371. The summed E-state index contributed by atoms with van der Waals surface area (Å²) in [7, 11) is 0. The maximum absolute atomic E-state index is 13.0. The van der Waals surface area contributed by atoms with Gasteiger partial charge in [-0.3, -0.25) is 14.3 Å². The molecule has 1 atom stereocenters. The maximum Gasteiger partial charge on any atom is 0.264 e. The molecule has 7 nitrogen and oxygen atoms in total. The number of aromatic nitrogens is 4. The van der Waals surface area contributed by atoms with Crippen molar-refractivity contribution in [3.05, 3.63) is 81.5 Å². The Morgan fingerprint density at radius 2 is 1.93 bits per heavy atom. The van der Waals surface area contributed by atoms with Gasteiger partial charge in [0.05, 0.1) is 18.3 Å². The minimum atomic E-state index is -0.371. The Hall–Kier alpha value is -3.22. The maximum atomic E-state index is 13.0. The Morgan fingerprint density at radius 3 is 2.59 bits per heavy atom. The van der Waals surface area contributed by atoms with Crippen LogP contribution in [0.5, 0.6) is 0 Å². The van der Waals surface area contributed by atoms with Crippen LogP contribution in [0.2, 0.25) is 0 Å². The van der Waals surface area contributed by atoms with Gasteiger partial charge in [-0.15, -0.1) is 5.10 Å². The molecule has 0 fully saturated rings. The number of pyridine rings is 1. The van der Waals surface area contributed by atoms with Crippen molar-refractivity contribution in [1.29, 1.82) is 0 Å². The Balaban J connectivity index is 1.78. The minimum absolute atomic E-state index is 0.163. The van der Waals surface area contributed by atoms with Gasteiger partial charge in [0.2, 0.25) is 0 Å². The molecule has 0 aliphatic carbocycles. The molecule has 27 heavy (non-hydrogen) atoms. The lowest BCUT2D eigenvalue weighted by Gasteiger charge is -2.17. The second-order valence-corrected chi connectivity index (χ2v) is 6.55. The van der Waals surface area contributed by atoms with E-state index in [1.165, 1.54) is 0 Å². The first-order chi connectivity index (χ1) is 13.0.